The van der Waals surface area contributed by atoms with Crippen LogP contribution in [0.15, 0.2) is 115 Å². The van der Waals surface area contributed by atoms with Crippen LogP contribution in [0.3, 0.4) is 0 Å². The Labute approximate surface area is 385 Å². The highest BCUT2D eigenvalue weighted by molar-refractivity contribution is 8.00. The smallest absolute Gasteiger partial charge is 0.323 e. The maximum atomic E-state index is 14.2. The van der Waals surface area contributed by atoms with Crippen molar-refractivity contribution < 1.29 is 33.8 Å². The van der Waals surface area contributed by atoms with E-state index in [0.717, 1.165) is 54.4 Å². The average Bonchev–Trinajstić information content (AvgIpc) is 3.77. The topological polar surface area (TPSA) is 166 Å². The first-order valence-electron chi connectivity index (χ1n) is 22.1. The van der Waals surface area contributed by atoms with Crippen LogP contribution in [-0.4, -0.2) is 101 Å². The van der Waals surface area contributed by atoms with Gasteiger partial charge in [-0.1, -0.05) is 122 Å². The van der Waals surface area contributed by atoms with E-state index in [-0.39, 0.29) is 53.5 Å². The SMILES string of the molecule is COC(=O)C(CSC(c1ccccc1)(c1ccccc1)c1ccccc1)NC1(CCNC(=O)C(CSCNC(C)=O)NC(=O)C2C(c3ccc(O)cc3)CCN2C(C)=O)CCCCC1. The highest BCUT2D eigenvalue weighted by Crippen LogP contribution is 2.49. The van der Waals surface area contributed by atoms with Gasteiger partial charge < -0.3 is 30.7 Å². The number of benzene rings is 4. The third-order valence-electron chi connectivity index (χ3n) is 12.4. The number of nitrogens with zero attached hydrogens (tertiary/aromatic N) is 1. The van der Waals surface area contributed by atoms with Crippen LogP contribution in [0.2, 0.25) is 0 Å². The molecule has 6 rings (SSSR count). The first-order chi connectivity index (χ1) is 31.0. The molecule has 0 spiro atoms. The lowest BCUT2D eigenvalue weighted by atomic mass is 9.78. The molecule has 12 nitrogen and oxygen atoms in total. The van der Waals surface area contributed by atoms with Crippen molar-refractivity contribution in [1.29, 1.82) is 0 Å². The number of nitrogens with one attached hydrogen (secondary N) is 4. The summed E-state index contributed by atoms with van der Waals surface area (Å²) >= 11 is 2.99. The van der Waals surface area contributed by atoms with Crippen LogP contribution in [-0.2, 0) is 33.5 Å². The van der Waals surface area contributed by atoms with Gasteiger partial charge in [-0.3, -0.25) is 29.3 Å². The van der Waals surface area contributed by atoms with Crippen molar-refractivity contribution in [1.82, 2.24) is 26.2 Å². The van der Waals surface area contributed by atoms with Gasteiger partial charge in [0.1, 0.15) is 23.9 Å². The predicted octanol–water partition coefficient (Wildman–Crippen LogP) is 6.47. The van der Waals surface area contributed by atoms with E-state index in [1.165, 1.54) is 37.6 Å². The molecule has 340 valence electrons. The van der Waals surface area contributed by atoms with E-state index in [0.29, 0.717) is 25.1 Å². The van der Waals surface area contributed by atoms with Gasteiger partial charge in [0.15, 0.2) is 0 Å². The van der Waals surface area contributed by atoms with Crippen LogP contribution in [0.25, 0.3) is 0 Å². The molecule has 14 heteroatoms. The third kappa shape index (κ3) is 12.1. The molecule has 64 heavy (non-hydrogen) atoms. The lowest BCUT2D eigenvalue weighted by molar-refractivity contribution is -0.143. The quantitative estimate of drug-likeness (QED) is 0.0287. The number of rotatable bonds is 20. The number of methoxy groups -OCH3 is 1. The summed E-state index contributed by atoms with van der Waals surface area (Å²) in [6.45, 7) is 3.49. The van der Waals surface area contributed by atoms with Gasteiger partial charge >= 0.3 is 5.97 Å². The Hall–Kier alpha value is -5.31. The molecule has 5 N–H and O–H groups in total. The molecule has 0 aromatic heterocycles. The van der Waals surface area contributed by atoms with E-state index < -0.39 is 34.3 Å². The minimum absolute atomic E-state index is 0.0974. The van der Waals surface area contributed by atoms with Crippen molar-refractivity contribution in [2.75, 3.05) is 37.6 Å². The van der Waals surface area contributed by atoms with Gasteiger partial charge in [0.2, 0.25) is 23.6 Å². The fraction of sp³-hybridized carbons (Fsp3) is 0.420. The Morgan fingerprint density at radius 3 is 1.89 bits per heavy atom. The molecule has 1 aliphatic carbocycles. The monoisotopic (exact) mass is 907 g/mol. The number of thioether (sulfide) groups is 2. The summed E-state index contributed by atoms with van der Waals surface area (Å²) in [5.41, 5.74) is 3.59. The second-order valence-corrected chi connectivity index (χ2v) is 18.9. The molecular weight excluding hydrogens is 847 g/mol. The lowest BCUT2D eigenvalue weighted by Gasteiger charge is -2.42. The Kier molecular flexibility index (Phi) is 17.3. The number of hydrogen-bond donors (Lipinski definition) is 5. The number of amides is 4. The van der Waals surface area contributed by atoms with Gasteiger partial charge in [0.05, 0.1) is 17.7 Å². The molecule has 2 aliphatic rings. The van der Waals surface area contributed by atoms with Gasteiger partial charge in [0, 0.05) is 49.9 Å². The van der Waals surface area contributed by atoms with Gasteiger partial charge in [-0.2, -0.15) is 0 Å². The third-order valence-corrected chi connectivity index (χ3v) is 15.0. The molecule has 0 bridgehead atoms. The molecule has 1 saturated carbocycles. The number of carbonyl (C=O) groups is 5. The van der Waals surface area contributed by atoms with Crippen molar-refractivity contribution in [2.45, 2.75) is 93.1 Å². The van der Waals surface area contributed by atoms with Crippen molar-refractivity contribution >= 4 is 53.1 Å². The number of phenolic OH excluding ortho intramolecular Hbond substituents is 1. The van der Waals surface area contributed by atoms with Crippen molar-refractivity contribution in [3.05, 3.63) is 138 Å². The van der Waals surface area contributed by atoms with Gasteiger partial charge in [-0.05, 0) is 60.1 Å². The fourth-order valence-electron chi connectivity index (χ4n) is 9.21. The number of phenols is 1. The standard InChI is InChI=1S/C50H61N5O7S2/c1-35(56)52-34-63-32-43(53-47(60)45-42(26-31-55(45)36(2)57)37-22-24-41(58)25-23-37)46(59)51-30-29-49(27-14-7-15-28-49)54-44(48(61)62-3)33-64-50(38-16-8-4-9-17-38,39-18-10-5-11-19-39)40-20-12-6-13-21-40/h4-6,8-13,16-25,42-45,54,58H,7,14-15,26-34H2,1-3H3,(H,51,59)(H,52,56)(H,53,60). The molecule has 4 aromatic carbocycles. The Morgan fingerprint density at radius 2 is 1.36 bits per heavy atom. The molecule has 4 unspecified atom stereocenters. The van der Waals surface area contributed by atoms with E-state index >= 15 is 0 Å². The first kappa shape index (κ1) is 48.2. The van der Waals surface area contributed by atoms with Crippen LogP contribution in [0.4, 0.5) is 0 Å². The summed E-state index contributed by atoms with van der Waals surface area (Å²) in [5.74, 6) is -1.09. The van der Waals surface area contributed by atoms with Crippen LogP contribution in [0.5, 0.6) is 5.75 Å². The summed E-state index contributed by atoms with van der Waals surface area (Å²) in [5, 5.41) is 22.5. The molecule has 0 radical (unpaired) electrons. The van der Waals surface area contributed by atoms with Gasteiger partial charge in [0.25, 0.3) is 0 Å². The number of ether oxygens (including phenoxy) is 1. The summed E-state index contributed by atoms with van der Waals surface area (Å²) < 4.78 is 4.82. The normalized spacial score (nSPS) is 18.0. The van der Waals surface area contributed by atoms with Crippen LogP contribution in [0, 0.1) is 0 Å². The molecule has 4 amide bonds. The minimum Gasteiger partial charge on any atom is -0.508 e. The molecule has 1 heterocycles. The van der Waals surface area contributed by atoms with E-state index in [9.17, 15) is 29.1 Å². The van der Waals surface area contributed by atoms with Crippen LogP contribution < -0.4 is 21.3 Å². The maximum absolute atomic E-state index is 14.2. The van der Waals surface area contributed by atoms with Gasteiger partial charge in [-0.15, -0.1) is 23.5 Å². The molecular formula is C50H61N5O7S2. The van der Waals surface area contributed by atoms with Crippen LogP contribution in [0.1, 0.15) is 87.0 Å². The number of hydrogen-bond acceptors (Lipinski definition) is 10. The average molecular weight is 908 g/mol. The van der Waals surface area contributed by atoms with Gasteiger partial charge in [-0.25, -0.2) is 0 Å². The highest BCUT2D eigenvalue weighted by Gasteiger charge is 2.44. The Bertz CT molecular complexity index is 2060. The second kappa shape index (κ2) is 23.0. The summed E-state index contributed by atoms with van der Waals surface area (Å²) in [7, 11) is 1.42. The summed E-state index contributed by atoms with van der Waals surface area (Å²) in [4.78, 5) is 68.1. The lowest BCUT2D eigenvalue weighted by Crippen LogP contribution is -2.58. The highest BCUT2D eigenvalue weighted by atomic mass is 32.2. The summed E-state index contributed by atoms with van der Waals surface area (Å²) in [6.07, 6.45) is 5.66. The number of carbonyl (C=O) groups excluding carboxylic acids is 5. The largest absolute Gasteiger partial charge is 0.508 e. The zero-order chi connectivity index (χ0) is 45.5. The molecule has 4 atom stereocenters. The number of aromatic hydroxyl groups is 1. The van der Waals surface area contributed by atoms with Crippen molar-refractivity contribution in [3.63, 3.8) is 0 Å². The maximum Gasteiger partial charge on any atom is 0.323 e. The molecule has 1 aliphatic heterocycles. The predicted molar refractivity (Wildman–Crippen MR) is 254 cm³/mol. The Morgan fingerprint density at radius 1 is 0.781 bits per heavy atom. The van der Waals surface area contributed by atoms with E-state index in [2.05, 4.69) is 57.7 Å². The fourth-order valence-corrected chi connectivity index (χ4v) is 11.6. The molecule has 2 fully saturated rings. The van der Waals surface area contributed by atoms with Crippen molar-refractivity contribution in [3.8, 4) is 5.75 Å². The number of likely N-dealkylation sites (tertiary alicyclic amines) is 1. The zero-order valence-electron chi connectivity index (χ0n) is 36.9. The molecule has 1 saturated heterocycles. The van der Waals surface area contributed by atoms with E-state index in [1.54, 1.807) is 36.0 Å². The summed E-state index contributed by atoms with van der Waals surface area (Å²) in [6, 6.07) is 35.2. The Balaban J connectivity index is 1.20. The van der Waals surface area contributed by atoms with Crippen molar-refractivity contribution in [2.24, 2.45) is 0 Å². The number of esters is 1. The van der Waals surface area contributed by atoms with Crippen LogP contribution >= 0.6 is 23.5 Å². The van der Waals surface area contributed by atoms with E-state index in [4.69, 9.17) is 4.74 Å². The zero-order valence-corrected chi connectivity index (χ0v) is 38.6. The molecule has 4 aromatic rings. The van der Waals surface area contributed by atoms with E-state index in [1.807, 2.05) is 54.6 Å². The first-order valence-corrected chi connectivity index (χ1v) is 24.2. The second-order valence-electron chi connectivity index (χ2n) is 16.6. The minimum atomic E-state index is -0.974.